The Morgan fingerprint density at radius 1 is 0.875 bits per heavy atom. The van der Waals surface area contributed by atoms with Gasteiger partial charge in [0.1, 0.15) is 18.1 Å². The second kappa shape index (κ2) is 19.3. The van der Waals surface area contributed by atoms with Crippen molar-refractivity contribution >= 4 is 47.2 Å². The number of benzene rings is 2. The maximum Gasteiger partial charge on any atom is 0.336 e. The SMILES string of the molecule is CCC(NC(=O)C1CC(OC(C)(C)C)CN1C(=O)C(NC(=O)c1ccccc1C(=O)O)C1CCCCC1)C(=O)C(=O)NCC(=O)NC(C(N)=O)c1ccccc1. The number of nitrogens with two attached hydrogens (primary N) is 1. The zero-order chi connectivity index (χ0) is 41.2. The lowest BCUT2D eigenvalue weighted by Crippen LogP contribution is -2.58. The summed E-state index contributed by atoms with van der Waals surface area (Å²) in [4.78, 5) is 106. The van der Waals surface area contributed by atoms with Crippen molar-refractivity contribution in [2.45, 2.75) is 109 Å². The van der Waals surface area contributed by atoms with E-state index in [4.69, 9.17) is 10.5 Å². The molecule has 2 aliphatic rings. The van der Waals surface area contributed by atoms with Crippen molar-refractivity contribution in [3.8, 4) is 0 Å². The van der Waals surface area contributed by atoms with E-state index in [1.165, 1.54) is 29.2 Å². The number of nitrogens with one attached hydrogen (secondary N) is 4. The van der Waals surface area contributed by atoms with Crippen molar-refractivity contribution in [2.24, 2.45) is 11.7 Å². The highest BCUT2D eigenvalue weighted by atomic mass is 16.5. The third kappa shape index (κ3) is 11.4. The van der Waals surface area contributed by atoms with E-state index in [0.717, 1.165) is 19.3 Å². The number of carbonyl (C=O) groups excluding carboxylic acids is 7. The van der Waals surface area contributed by atoms with Gasteiger partial charge in [0.05, 0.1) is 35.4 Å². The lowest BCUT2D eigenvalue weighted by atomic mass is 9.83. The molecule has 16 nitrogen and oxygen atoms in total. The number of primary amides is 1. The summed E-state index contributed by atoms with van der Waals surface area (Å²) in [5, 5.41) is 19.8. The van der Waals surface area contributed by atoms with Gasteiger partial charge in [0.15, 0.2) is 0 Å². The number of carbonyl (C=O) groups is 8. The quantitative estimate of drug-likeness (QED) is 0.135. The molecule has 4 rings (SSSR count). The average molecular weight is 777 g/mol. The molecule has 5 atom stereocenters. The molecule has 1 heterocycles. The first-order valence-electron chi connectivity index (χ1n) is 18.9. The van der Waals surface area contributed by atoms with Crippen molar-refractivity contribution < 1.29 is 48.2 Å². The Bertz CT molecular complexity index is 1790. The second-order valence-corrected chi connectivity index (χ2v) is 15.1. The van der Waals surface area contributed by atoms with Gasteiger partial charge in [0.25, 0.3) is 11.8 Å². The molecule has 1 saturated carbocycles. The molecule has 56 heavy (non-hydrogen) atoms. The number of nitrogens with zero attached hydrogens (tertiary/aromatic N) is 1. The molecular formula is C40H52N6O10. The number of aromatic carboxylic acids is 1. The van der Waals surface area contributed by atoms with E-state index in [9.17, 15) is 43.5 Å². The zero-order valence-electron chi connectivity index (χ0n) is 32.2. The molecule has 5 unspecified atom stereocenters. The first kappa shape index (κ1) is 43.1. The fourth-order valence-electron chi connectivity index (χ4n) is 7.19. The summed E-state index contributed by atoms with van der Waals surface area (Å²) in [6, 6.07) is 9.18. The van der Waals surface area contributed by atoms with E-state index < -0.39 is 89.6 Å². The molecule has 0 spiro atoms. The second-order valence-electron chi connectivity index (χ2n) is 15.1. The predicted octanol–water partition coefficient (Wildman–Crippen LogP) is 1.77. The fourth-order valence-corrected chi connectivity index (χ4v) is 7.19. The van der Waals surface area contributed by atoms with Gasteiger partial charge in [-0.1, -0.05) is 68.7 Å². The van der Waals surface area contributed by atoms with Gasteiger partial charge < -0.3 is 41.7 Å². The lowest BCUT2D eigenvalue weighted by molar-refractivity contribution is -0.143. The summed E-state index contributed by atoms with van der Waals surface area (Å²) < 4.78 is 6.19. The number of hydrogen-bond donors (Lipinski definition) is 6. The van der Waals surface area contributed by atoms with Crippen LogP contribution in [0.1, 0.15) is 105 Å². The van der Waals surface area contributed by atoms with E-state index in [2.05, 4.69) is 21.3 Å². The summed E-state index contributed by atoms with van der Waals surface area (Å²) in [5.74, 6) is -7.41. The van der Waals surface area contributed by atoms with Crippen LogP contribution in [0, 0.1) is 5.92 Å². The molecule has 2 fully saturated rings. The number of amides is 6. The Labute approximate surface area is 325 Å². The minimum absolute atomic E-state index is 0.00535. The standard InChI is InChI=1S/C40H52N6O10/c1-5-28(33(48)37(52)42-21-30(47)44-31(34(41)49)23-14-8-6-9-15-23)43-36(51)29-20-25(56-40(2,3)4)22-46(29)38(53)32(24-16-10-7-11-17-24)45-35(50)26-18-12-13-19-27(26)39(54)55/h6,8-9,12-15,18-19,24-25,28-29,31-32H,5,7,10-11,16-17,20-22H2,1-4H3,(H2,41,49)(H,42,52)(H,43,51)(H,44,47)(H,45,50)(H,54,55). The smallest absolute Gasteiger partial charge is 0.336 e. The molecule has 1 aliphatic carbocycles. The van der Waals surface area contributed by atoms with Gasteiger partial charge in [-0.15, -0.1) is 0 Å². The number of Topliss-reactive ketones (excluding diaryl/α,β-unsaturated/α-hetero) is 1. The minimum Gasteiger partial charge on any atom is -0.478 e. The van der Waals surface area contributed by atoms with Crippen LogP contribution in [0.25, 0.3) is 0 Å². The van der Waals surface area contributed by atoms with Crippen molar-refractivity contribution in [2.75, 3.05) is 13.1 Å². The van der Waals surface area contributed by atoms with Gasteiger partial charge in [0.2, 0.25) is 29.4 Å². The molecule has 16 heteroatoms. The summed E-state index contributed by atoms with van der Waals surface area (Å²) in [7, 11) is 0. The fraction of sp³-hybridized carbons (Fsp3) is 0.500. The average Bonchev–Trinajstić information content (AvgIpc) is 3.59. The molecule has 0 bridgehead atoms. The number of likely N-dealkylation sites (tertiary alicyclic amines) is 1. The monoisotopic (exact) mass is 776 g/mol. The van der Waals surface area contributed by atoms with Gasteiger partial charge >= 0.3 is 5.97 Å². The van der Waals surface area contributed by atoms with Crippen LogP contribution in [-0.4, -0.2) is 100 Å². The molecule has 1 aliphatic heterocycles. The van der Waals surface area contributed by atoms with Gasteiger partial charge in [-0.2, -0.15) is 0 Å². The molecule has 0 aromatic heterocycles. The number of hydrogen-bond acceptors (Lipinski definition) is 9. The summed E-state index contributed by atoms with van der Waals surface area (Å²) in [6.07, 6.45) is 3.29. The Morgan fingerprint density at radius 2 is 1.50 bits per heavy atom. The summed E-state index contributed by atoms with van der Waals surface area (Å²) in [5.41, 5.74) is 4.90. The van der Waals surface area contributed by atoms with Crippen molar-refractivity contribution in [1.82, 2.24) is 26.2 Å². The highest BCUT2D eigenvalue weighted by molar-refractivity contribution is 6.38. The van der Waals surface area contributed by atoms with E-state index >= 15 is 0 Å². The topological polar surface area (TPSA) is 243 Å². The van der Waals surface area contributed by atoms with Crippen molar-refractivity contribution in [1.29, 1.82) is 0 Å². The maximum absolute atomic E-state index is 14.6. The number of rotatable bonds is 16. The van der Waals surface area contributed by atoms with Crippen molar-refractivity contribution in [3.63, 3.8) is 0 Å². The lowest BCUT2D eigenvalue weighted by Gasteiger charge is -2.35. The van der Waals surface area contributed by atoms with Crippen LogP contribution in [0.3, 0.4) is 0 Å². The van der Waals surface area contributed by atoms with Gasteiger partial charge in [-0.3, -0.25) is 33.6 Å². The Hall–Kier alpha value is -5.64. The van der Waals surface area contributed by atoms with E-state index in [0.29, 0.717) is 18.4 Å². The first-order valence-corrected chi connectivity index (χ1v) is 18.9. The van der Waals surface area contributed by atoms with Gasteiger partial charge in [0, 0.05) is 13.0 Å². The molecule has 302 valence electrons. The Kier molecular flexibility index (Phi) is 14.8. The Morgan fingerprint density at radius 3 is 2.09 bits per heavy atom. The largest absolute Gasteiger partial charge is 0.478 e. The summed E-state index contributed by atoms with van der Waals surface area (Å²) >= 11 is 0. The molecule has 2 aromatic rings. The highest BCUT2D eigenvalue weighted by Crippen LogP contribution is 2.31. The van der Waals surface area contributed by atoms with E-state index in [-0.39, 0.29) is 36.4 Å². The molecule has 6 amide bonds. The molecule has 1 saturated heterocycles. The molecule has 2 aromatic carbocycles. The predicted molar refractivity (Wildman–Crippen MR) is 203 cm³/mol. The van der Waals surface area contributed by atoms with Crippen LogP contribution in [0.15, 0.2) is 54.6 Å². The van der Waals surface area contributed by atoms with Crippen LogP contribution in [0.2, 0.25) is 0 Å². The van der Waals surface area contributed by atoms with Gasteiger partial charge in [-0.25, -0.2) is 4.79 Å². The molecular weight excluding hydrogens is 724 g/mol. The number of ether oxygens (including phenoxy) is 1. The number of carboxylic acid groups (broad SMARTS) is 1. The van der Waals surface area contributed by atoms with Crippen LogP contribution >= 0.6 is 0 Å². The van der Waals surface area contributed by atoms with Crippen LogP contribution < -0.4 is 27.0 Å². The van der Waals surface area contributed by atoms with Gasteiger partial charge in [-0.05, 0) is 63.6 Å². The summed E-state index contributed by atoms with van der Waals surface area (Å²) in [6.45, 7) is 6.41. The first-order chi connectivity index (χ1) is 26.5. The van der Waals surface area contributed by atoms with Crippen LogP contribution in [0.4, 0.5) is 0 Å². The maximum atomic E-state index is 14.6. The number of ketones is 1. The number of carboxylic acids is 1. The molecule has 7 N–H and O–H groups in total. The normalized spacial score (nSPS) is 18.8. The minimum atomic E-state index is -1.32. The third-order valence-electron chi connectivity index (χ3n) is 9.84. The van der Waals surface area contributed by atoms with E-state index in [1.807, 2.05) is 20.8 Å². The van der Waals surface area contributed by atoms with Crippen LogP contribution in [0.5, 0.6) is 0 Å². The zero-order valence-corrected chi connectivity index (χ0v) is 32.2. The van der Waals surface area contributed by atoms with Crippen LogP contribution in [-0.2, 0) is 33.5 Å². The third-order valence-corrected chi connectivity index (χ3v) is 9.84. The Balaban J connectivity index is 1.50. The van der Waals surface area contributed by atoms with E-state index in [1.54, 1.807) is 37.3 Å². The highest BCUT2D eigenvalue weighted by Gasteiger charge is 2.46. The molecule has 0 radical (unpaired) electrons. The van der Waals surface area contributed by atoms with Crippen molar-refractivity contribution in [3.05, 3.63) is 71.3 Å².